The fourth-order valence-electron chi connectivity index (χ4n) is 1.50. The Kier molecular flexibility index (Phi) is 4.61. The van der Waals surface area contributed by atoms with Crippen molar-refractivity contribution in [2.45, 2.75) is 6.42 Å². The minimum Gasteiger partial charge on any atom is -0.494 e. The molecule has 0 atom stereocenters. The molecule has 2 aromatic carbocycles. The minimum atomic E-state index is 0.648. The van der Waals surface area contributed by atoms with Crippen molar-refractivity contribution in [1.29, 1.82) is 0 Å². The van der Waals surface area contributed by atoms with Crippen LogP contribution in [0, 0.1) is 0 Å². The highest BCUT2D eigenvalue weighted by molar-refractivity contribution is 5.35. The fraction of sp³-hybridized carbons (Fsp3) is 0.200. The number of para-hydroxylation sites is 1. The van der Waals surface area contributed by atoms with Gasteiger partial charge in [-0.05, 0) is 49.4 Å². The number of ether oxygens (including phenoxy) is 2. The van der Waals surface area contributed by atoms with Gasteiger partial charge in [-0.3, -0.25) is 0 Å². The summed E-state index contributed by atoms with van der Waals surface area (Å²) in [5, 5.41) is 0. The summed E-state index contributed by atoms with van der Waals surface area (Å²) in [5.41, 5.74) is 5.40. The molecular formula is C15H17NO2. The zero-order valence-electron chi connectivity index (χ0n) is 10.2. The quantitative estimate of drug-likeness (QED) is 0.792. The van der Waals surface area contributed by atoms with Crippen molar-refractivity contribution in [2.75, 3.05) is 13.2 Å². The minimum absolute atomic E-state index is 0.648. The highest BCUT2D eigenvalue weighted by atomic mass is 16.5. The molecule has 18 heavy (non-hydrogen) atoms. The molecule has 0 amide bonds. The zero-order valence-corrected chi connectivity index (χ0v) is 10.2. The van der Waals surface area contributed by atoms with Crippen LogP contribution >= 0.6 is 0 Å². The van der Waals surface area contributed by atoms with Crippen molar-refractivity contribution in [3.8, 4) is 17.2 Å². The van der Waals surface area contributed by atoms with E-state index < -0.39 is 0 Å². The Bertz CT molecular complexity index is 454. The molecule has 0 aliphatic carbocycles. The summed E-state index contributed by atoms with van der Waals surface area (Å²) in [6.07, 6.45) is 0.863. The Hall–Kier alpha value is -2.00. The summed E-state index contributed by atoms with van der Waals surface area (Å²) >= 11 is 0. The Labute approximate surface area is 107 Å². The highest BCUT2D eigenvalue weighted by Gasteiger charge is 1.97. The van der Waals surface area contributed by atoms with E-state index in [2.05, 4.69) is 0 Å². The van der Waals surface area contributed by atoms with Crippen molar-refractivity contribution >= 4 is 0 Å². The SMILES string of the molecule is NCCCOc1ccc(Oc2ccccc2)cc1. The smallest absolute Gasteiger partial charge is 0.127 e. The monoisotopic (exact) mass is 243 g/mol. The van der Waals surface area contributed by atoms with Gasteiger partial charge in [0.25, 0.3) is 0 Å². The second kappa shape index (κ2) is 6.67. The molecule has 0 unspecified atom stereocenters. The first-order chi connectivity index (χ1) is 8.88. The molecule has 0 aliphatic rings. The molecule has 0 aliphatic heterocycles. The van der Waals surface area contributed by atoms with Crippen molar-refractivity contribution in [1.82, 2.24) is 0 Å². The van der Waals surface area contributed by atoms with E-state index in [9.17, 15) is 0 Å². The summed E-state index contributed by atoms with van der Waals surface area (Å²) in [5.74, 6) is 2.46. The van der Waals surface area contributed by atoms with Gasteiger partial charge in [-0.25, -0.2) is 0 Å². The lowest BCUT2D eigenvalue weighted by molar-refractivity contribution is 0.313. The Morgan fingerprint density at radius 2 is 1.39 bits per heavy atom. The highest BCUT2D eigenvalue weighted by Crippen LogP contribution is 2.23. The van der Waals surface area contributed by atoms with Crippen LogP contribution in [0.2, 0.25) is 0 Å². The third-order valence-electron chi connectivity index (χ3n) is 2.42. The van der Waals surface area contributed by atoms with Gasteiger partial charge >= 0.3 is 0 Å². The molecule has 0 spiro atoms. The van der Waals surface area contributed by atoms with Gasteiger partial charge in [0, 0.05) is 0 Å². The molecule has 0 radical (unpaired) electrons. The van der Waals surface area contributed by atoms with Gasteiger partial charge in [0.2, 0.25) is 0 Å². The van der Waals surface area contributed by atoms with Crippen LogP contribution in [0.25, 0.3) is 0 Å². The maximum Gasteiger partial charge on any atom is 0.127 e. The van der Waals surface area contributed by atoms with Crippen LogP contribution in [-0.2, 0) is 0 Å². The first kappa shape index (κ1) is 12.5. The second-order valence-corrected chi connectivity index (χ2v) is 3.88. The molecule has 2 aromatic rings. The normalized spacial score (nSPS) is 10.1. The van der Waals surface area contributed by atoms with Crippen molar-refractivity contribution in [3.63, 3.8) is 0 Å². The van der Waals surface area contributed by atoms with E-state index in [0.29, 0.717) is 13.2 Å². The van der Waals surface area contributed by atoms with E-state index in [0.717, 1.165) is 23.7 Å². The first-order valence-electron chi connectivity index (χ1n) is 6.04. The summed E-state index contributed by atoms with van der Waals surface area (Å²) in [4.78, 5) is 0. The third-order valence-corrected chi connectivity index (χ3v) is 2.42. The predicted molar refractivity (Wildman–Crippen MR) is 72.1 cm³/mol. The molecule has 2 rings (SSSR count). The summed E-state index contributed by atoms with van der Waals surface area (Å²) in [6, 6.07) is 17.3. The standard InChI is InChI=1S/C15H17NO2/c16-11-4-12-17-13-7-9-15(10-8-13)18-14-5-2-1-3-6-14/h1-3,5-10H,4,11-12,16H2. The van der Waals surface area contributed by atoms with Crippen molar-refractivity contribution in [2.24, 2.45) is 5.73 Å². The van der Waals surface area contributed by atoms with Crippen LogP contribution in [0.4, 0.5) is 0 Å². The lowest BCUT2D eigenvalue weighted by Gasteiger charge is -2.08. The van der Waals surface area contributed by atoms with Gasteiger partial charge in [-0.2, -0.15) is 0 Å². The van der Waals surface area contributed by atoms with Crippen LogP contribution < -0.4 is 15.2 Å². The van der Waals surface area contributed by atoms with E-state index in [4.69, 9.17) is 15.2 Å². The van der Waals surface area contributed by atoms with Crippen molar-refractivity contribution < 1.29 is 9.47 Å². The number of benzene rings is 2. The second-order valence-electron chi connectivity index (χ2n) is 3.88. The van der Waals surface area contributed by atoms with E-state index in [1.165, 1.54) is 0 Å². The van der Waals surface area contributed by atoms with Gasteiger partial charge in [0.05, 0.1) is 6.61 Å². The van der Waals surface area contributed by atoms with Gasteiger partial charge in [0.15, 0.2) is 0 Å². The van der Waals surface area contributed by atoms with Gasteiger partial charge in [-0.15, -0.1) is 0 Å². The molecule has 0 saturated heterocycles. The summed E-state index contributed by atoms with van der Waals surface area (Å²) in [6.45, 7) is 1.30. The molecule has 3 nitrogen and oxygen atoms in total. The third kappa shape index (κ3) is 3.79. The molecule has 0 aromatic heterocycles. The number of hydrogen-bond acceptors (Lipinski definition) is 3. The largest absolute Gasteiger partial charge is 0.494 e. The summed E-state index contributed by atoms with van der Waals surface area (Å²) in [7, 11) is 0. The molecule has 0 bridgehead atoms. The number of rotatable bonds is 6. The number of hydrogen-bond donors (Lipinski definition) is 1. The average Bonchev–Trinajstić information content (AvgIpc) is 2.42. The maximum atomic E-state index is 5.68. The lowest BCUT2D eigenvalue weighted by Crippen LogP contribution is -2.05. The Morgan fingerprint density at radius 3 is 2.06 bits per heavy atom. The van der Waals surface area contributed by atoms with Crippen LogP contribution in [0.5, 0.6) is 17.2 Å². The van der Waals surface area contributed by atoms with E-state index in [-0.39, 0.29) is 0 Å². The van der Waals surface area contributed by atoms with E-state index >= 15 is 0 Å². The average molecular weight is 243 g/mol. The first-order valence-corrected chi connectivity index (χ1v) is 6.04. The zero-order chi connectivity index (χ0) is 12.6. The maximum absolute atomic E-state index is 5.68. The van der Waals surface area contributed by atoms with Crippen molar-refractivity contribution in [3.05, 3.63) is 54.6 Å². The Balaban J connectivity index is 1.91. The molecule has 0 saturated carbocycles. The van der Waals surface area contributed by atoms with Gasteiger partial charge < -0.3 is 15.2 Å². The van der Waals surface area contributed by atoms with Crippen LogP contribution in [0.1, 0.15) is 6.42 Å². The molecule has 94 valence electrons. The number of nitrogens with two attached hydrogens (primary N) is 1. The van der Waals surface area contributed by atoms with E-state index in [1.807, 2.05) is 54.6 Å². The molecule has 3 heteroatoms. The van der Waals surface area contributed by atoms with Crippen LogP contribution in [0.15, 0.2) is 54.6 Å². The fourth-order valence-corrected chi connectivity index (χ4v) is 1.50. The Morgan fingerprint density at radius 1 is 0.778 bits per heavy atom. The molecular weight excluding hydrogens is 226 g/mol. The van der Waals surface area contributed by atoms with Gasteiger partial charge in [0.1, 0.15) is 17.2 Å². The van der Waals surface area contributed by atoms with Crippen LogP contribution in [0.3, 0.4) is 0 Å². The van der Waals surface area contributed by atoms with E-state index in [1.54, 1.807) is 0 Å². The lowest BCUT2D eigenvalue weighted by atomic mass is 10.3. The van der Waals surface area contributed by atoms with Crippen LogP contribution in [-0.4, -0.2) is 13.2 Å². The summed E-state index contributed by atoms with van der Waals surface area (Å²) < 4.78 is 11.2. The predicted octanol–water partition coefficient (Wildman–Crippen LogP) is 3.21. The topological polar surface area (TPSA) is 44.5 Å². The molecule has 0 fully saturated rings. The van der Waals surface area contributed by atoms with Gasteiger partial charge in [-0.1, -0.05) is 18.2 Å². The molecule has 2 N–H and O–H groups in total. The molecule has 0 heterocycles.